The zero-order chi connectivity index (χ0) is 14.3. The van der Waals surface area contributed by atoms with E-state index in [2.05, 4.69) is 34.9 Å². The number of rotatable bonds is 2. The van der Waals surface area contributed by atoms with E-state index in [9.17, 15) is 4.79 Å². The lowest BCUT2D eigenvalue weighted by molar-refractivity contribution is -0.124. The molecule has 2 unspecified atom stereocenters. The van der Waals surface area contributed by atoms with E-state index in [0.29, 0.717) is 11.3 Å². The highest BCUT2D eigenvalue weighted by atomic mass is 32.2. The van der Waals surface area contributed by atoms with Gasteiger partial charge in [0.2, 0.25) is 5.91 Å². The highest BCUT2D eigenvalue weighted by Gasteiger charge is 2.57. The maximum atomic E-state index is 12.6. The fourth-order valence-corrected chi connectivity index (χ4v) is 5.09. The molecule has 0 bridgehead atoms. The first kappa shape index (κ1) is 13.6. The second-order valence-electron chi connectivity index (χ2n) is 6.61. The largest absolute Gasteiger partial charge is 0.349 e. The Labute approximate surface area is 130 Å². The van der Waals surface area contributed by atoms with Crippen LogP contribution < -0.4 is 10.6 Å². The molecule has 1 saturated carbocycles. The molecule has 1 spiro atoms. The number of hydrogen-bond acceptors (Lipinski definition) is 3. The minimum Gasteiger partial charge on any atom is -0.349 e. The van der Waals surface area contributed by atoms with Crippen molar-refractivity contribution < 1.29 is 4.79 Å². The van der Waals surface area contributed by atoms with Crippen molar-refractivity contribution in [3.8, 4) is 0 Å². The highest BCUT2D eigenvalue weighted by molar-refractivity contribution is 7.99. The van der Waals surface area contributed by atoms with Crippen LogP contribution in [0.4, 0.5) is 0 Å². The third-order valence-corrected chi connectivity index (χ3v) is 6.50. The Morgan fingerprint density at radius 3 is 2.95 bits per heavy atom. The molecule has 1 aromatic carbocycles. The summed E-state index contributed by atoms with van der Waals surface area (Å²) in [6.45, 7) is 2.15. The average Bonchev–Trinajstić information content (AvgIpc) is 3.22. The number of amides is 1. The molecule has 1 amide bonds. The van der Waals surface area contributed by atoms with Gasteiger partial charge >= 0.3 is 0 Å². The first-order valence-corrected chi connectivity index (χ1v) is 9.00. The molecule has 0 aromatic heterocycles. The Bertz CT molecular complexity index is 553. The van der Waals surface area contributed by atoms with E-state index < -0.39 is 0 Å². The number of carbonyl (C=O) groups is 1. The second kappa shape index (κ2) is 5.33. The number of fused-ring (bicyclic) bond motifs is 1. The van der Waals surface area contributed by atoms with E-state index in [1.807, 2.05) is 11.8 Å². The van der Waals surface area contributed by atoms with Crippen LogP contribution >= 0.6 is 11.8 Å². The smallest absolute Gasteiger partial charge is 0.224 e. The van der Waals surface area contributed by atoms with Crippen molar-refractivity contribution in [3.05, 3.63) is 29.8 Å². The highest BCUT2D eigenvalue weighted by Crippen LogP contribution is 2.58. The average molecular weight is 302 g/mol. The van der Waals surface area contributed by atoms with Crippen molar-refractivity contribution in [1.82, 2.24) is 10.6 Å². The molecule has 2 aliphatic heterocycles. The van der Waals surface area contributed by atoms with Gasteiger partial charge in [0.25, 0.3) is 0 Å². The van der Waals surface area contributed by atoms with E-state index in [-0.39, 0.29) is 12.0 Å². The standard InChI is InChI=1S/C17H22N2OS/c20-16(13-11-17(13)6-8-18-9-7-17)19-14-5-10-21-15-4-2-1-3-12(14)15/h1-4,13-14,18H,5-11H2,(H,19,20). The molecular formula is C17H22N2OS. The van der Waals surface area contributed by atoms with Gasteiger partial charge in [-0.3, -0.25) is 4.79 Å². The molecular weight excluding hydrogens is 280 g/mol. The summed E-state index contributed by atoms with van der Waals surface area (Å²) in [5, 5.41) is 6.74. The van der Waals surface area contributed by atoms with Crippen molar-refractivity contribution in [1.29, 1.82) is 0 Å². The van der Waals surface area contributed by atoms with Crippen molar-refractivity contribution in [3.63, 3.8) is 0 Å². The van der Waals surface area contributed by atoms with Crippen molar-refractivity contribution in [2.75, 3.05) is 18.8 Å². The SMILES string of the molecule is O=C(NC1CCSc2ccccc21)C1CC12CCNCC2. The summed E-state index contributed by atoms with van der Waals surface area (Å²) in [5.74, 6) is 1.66. The van der Waals surface area contributed by atoms with Gasteiger partial charge in [0, 0.05) is 16.6 Å². The van der Waals surface area contributed by atoms with Gasteiger partial charge in [-0.2, -0.15) is 0 Å². The zero-order valence-electron chi connectivity index (χ0n) is 12.2. The van der Waals surface area contributed by atoms with Crippen LogP contribution in [-0.2, 0) is 4.79 Å². The molecule has 0 radical (unpaired) electrons. The normalized spacial score (nSPS) is 29.7. The van der Waals surface area contributed by atoms with Crippen LogP contribution in [0.5, 0.6) is 0 Å². The lowest BCUT2D eigenvalue weighted by Crippen LogP contribution is -2.36. The number of piperidine rings is 1. The molecule has 112 valence electrons. The molecule has 1 aliphatic carbocycles. The van der Waals surface area contributed by atoms with E-state index in [1.165, 1.54) is 23.3 Å². The predicted octanol–water partition coefficient (Wildman–Crippen LogP) is 2.73. The lowest BCUT2D eigenvalue weighted by atomic mass is 9.91. The van der Waals surface area contributed by atoms with Crippen molar-refractivity contribution in [2.45, 2.75) is 36.6 Å². The van der Waals surface area contributed by atoms with Gasteiger partial charge in [0.15, 0.2) is 0 Å². The van der Waals surface area contributed by atoms with Crippen molar-refractivity contribution >= 4 is 17.7 Å². The Morgan fingerprint density at radius 1 is 1.29 bits per heavy atom. The Morgan fingerprint density at radius 2 is 2.10 bits per heavy atom. The molecule has 2 atom stereocenters. The van der Waals surface area contributed by atoms with Crippen LogP contribution in [0.15, 0.2) is 29.2 Å². The Kier molecular flexibility index (Phi) is 3.46. The monoisotopic (exact) mass is 302 g/mol. The van der Waals surface area contributed by atoms with Gasteiger partial charge in [-0.05, 0) is 55.8 Å². The molecule has 2 fully saturated rings. The first-order valence-electron chi connectivity index (χ1n) is 8.01. The number of benzene rings is 1. The van der Waals surface area contributed by atoms with Gasteiger partial charge in [-0.15, -0.1) is 11.8 Å². The third-order valence-electron chi connectivity index (χ3n) is 5.38. The molecule has 3 nitrogen and oxygen atoms in total. The Balaban J connectivity index is 1.44. The quantitative estimate of drug-likeness (QED) is 0.882. The van der Waals surface area contributed by atoms with Crippen LogP contribution in [0.3, 0.4) is 0 Å². The zero-order valence-corrected chi connectivity index (χ0v) is 13.0. The topological polar surface area (TPSA) is 41.1 Å². The van der Waals surface area contributed by atoms with Crippen LogP contribution in [0.2, 0.25) is 0 Å². The summed E-state index contributed by atoms with van der Waals surface area (Å²) in [7, 11) is 0. The van der Waals surface area contributed by atoms with Crippen LogP contribution in [-0.4, -0.2) is 24.7 Å². The fourth-order valence-electron chi connectivity index (χ4n) is 3.96. The number of hydrogen-bond donors (Lipinski definition) is 2. The van der Waals surface area contributed by atoms with Crippen LogP contribution in [0.25, 0.3) is 0 Å². The molecule has 4 heteroatoms. The van der Waals surface area contributed by atoms with E-state index >= 15 is 0 Å². The first-order chi connectivity index (χ1) is 10.3. The number of carbonyl (C=O) groups excluding carboxylic acids is 1. The molecule has 1 aromatic rings. The minimum absolute atomic E-state index is 0.217. The molecule has 4 rings (SSSR count). The third kappa shape index (κ3) is 2.49. The molecule has 2 heterocycles. The summed E-state index contributed by atoms with van der Waals surface area (Å²) in [6, 6.07) is 8.72. The van der Waals surface area contributed by atoms with E-state index in [4.69, 9.17) is 0 Å². The molecule has 1 saturated heterocycles. The van der Waals surface area contributed by atoms with Crippen LogP contribution in [0, 0.1) is 11.3 Å². The predicted molar refractivity (Wildman–Crippen MR) is 85.3 cm³/mol. The Hall–Kier alpha value is -1.00. The fraction of sp³-hybridized carbons (Fsp3) is 0.588. The maximum absolute atomic E-state index is 12.6. The van der Waals surface area contributed by atoms with E-state index in [1.54, 1.807) is 0 Å². The van der Waals surface area contributed by atoms with E-state index in [0.717, 1.165) is 31.7 Å². The van der Waals surface area contributed by atoms with Gasteiger partial charge in [0.1, 0.15) is 0 Å². The summed E-state index contributed by atoms with van der Waals surface area (Å²) in [4.78, 5) is 14.0. The summed E-state index contributed by atoms with van der Waals surface area (Å²) < 4.78 is 0. The molecule has 3 aliphatic rings. The molecule has 21 heavy (non-hydrogen) atoms. The second-order valence-corrected chi connectivity index (χ2v) is 7.74. The number of thioether (sulfide) groups is 1. The van der Waals surface area contributed by atoms with Gasteiger partial charge in [-0.1, -0.05) is 18.2 Å². The lowest BCUT2D eigenvalue weighted by Gasteiger charge is -2.27. The molecule has 2 N–H and O–H groups in total. The van der Waals surface area contributed by atoms with Gasteiger partial charge in [-0.25, -0.2) is 0 Å². The van der Waals surface area contributed by atoms with Crippen LogP contribution in [0.1, 0.15) is 37.3 Å². The van der Waals surface area contributed by atoms with Crippen molar-refractivity contribution in [2.24, 2.45) is 11.3 Å². The number of nitrogens with one attached hydrogen (secondary N) is 2. The summed E-state index contributed by atoms with van der Waals surface area (Å²) in [6.07, 6.45) is 4.49. The van der Waals surface area contributed by atoms with Gasteiger partial charge in [0.05, 0.1) is 6.04 Å². The summed E-state index contributed by atoms with van der Waals surface area (Å²) >= 11 is 1.91. The van der Waals surface area contributed by atoms with Gasteiger partial charge < -0.3 is 10.6 Å². The maximum Gasteiger partial charge on any atom is 0.224 e. The summed E-state index contributed by atoms with van der Waals surface area (Å²) in [5.41, 5.74) is 1.64. The minimum atomic E-state index is 0.217.